The molecule has 1 aliphatic rings. The molecule has 0 bridgehead atoms. The number of carbonyl (C=O) groups excluding carboxylic acids is 1. The third kappa shape index (κ3) is 6.41. The van der Waals surface area contributed by atoms with Crippen LogP contribution in [0.1, 0.15) is 40.7 Å². The Balaban J connectivity index is 1.28. The van der Waals surface area contributed by atoms with E-state index >= 15 is 0 Å². The number of nitrogens with zero attached hydrogens (tertiary/aromatic N) is 2. The van der Waals surface area contributed by atoms with E-state index < -0.39 is 10.0 Å². The first-order chi connectivity index (χ1) is 19.4. The monoisotopic (exact) mass is 549 g/mol. The molecule has 6 nitrogen and oxygen atoms in total. The standard InChI is InChI=1S/C33H31N3O3S/c34-24-27-14-12-26(13-15-27)17-21-33(37)36-22-6-10-29-23-30(19-20-31(29)36)35-40(38,39)32-11-5-4-9-28(32)18-16-25-7-2-1-3-8-25/h1-5,7-9,11-15,19-20,23,35H,6,10,16-18,21-22H2. The lowest BCUT2D eigenvalue weighted by Crippen LogP contribution is -2.35. The maximum Gasteiger partial charge on any atom is 0.262 e. The van der Waals surface area contributed by atoms with E-state index in [1.165, 1.54) is 0 Å². The average molecular weight is 550 g/mol. The lowest BCUT2D eigenvalue weighted by molar-refractivity contribution is -0.118. The second-order valence-electron chi connectivity index (χ2n) is 10.00. The largest absolute Gasteiger partial charge is 0.312 e. The summed E-state index contributed by atoms with van der Waals surface area (Å²) in [7, 11) is -3.80. The summed E-state index contributed by atoms with van der Waals surface area (Å²) >= 11 is 0. The van der Waals surface area contributed by atoms with Gasteiger partial charge in [-0.25, -0.2) is 8.42 Å². The Hall–Kier alpha value is -4.41. The summed E-state index contributed by atoms with van der Waals surface area (Å²) in [6.45, 7) is 0.638. The Morgan fingerprint density at radius 2 is 1.57 bits per heavy atom. The first kappa shape index (κ1) is 27.2. The minimum Gasteiger partial charge on any atom is -0.312 e. The summed E-state index contributed by atoms with van der Waals surface area (Å²) < 4.78 is 29.7. The van der Waals surface area contributed by atoms with Crippen molar-refractivity contribution >= 4 is 27.3 Å². The minimum absolute atomic E-state index is 0.0333. The highest BCUT2D eigenvalue weighted by atomic mass is 32.2. The van der Waals surface area contributed by atoms with Gasteiger partial charge in [-0.1, -0.05) is 60.7 Å². The highest BCUT2D eigenvalue weighted by Gasteiger charge is 2.24. The Kier molecular flexibility index (Phi) is 8.28. The van der Waals surface area contributed by atoms with E-state index in [1.54, 1.807) is 35.2 Å². The third-order valence-corrected chi connectivity index (χ3v) is 8.73. The average Bonchev–Trinajstić information content (AvgIpc) is 2.99. The smallest absolute Gasteiger partial charge is 0.262 e. The maximum absolute atomic E-state index is 13.4. The van der Waals surface area contributed by atoms with E-state index in [9.17, 15) is 13.2 Å². The summed E-state index contributed by atoms with van der Waals surface area (Å²) in [5, 5.41) is 8.97. The zero-order chi connectivity index (χ0) is 28.0. The molecular formula is C33H31N3O3S. The van der Waals surface area contributed by atoms with Crippen molar-refractivity contribution in [2.45, 2.75) is 43.4 Å². The van der Waals surface area contributed by atoms with Crippen LogP contribution in [0, 0.1) is 11.3 Å². The molecular weight excluding hydrogens is 518 g/mol. The minimum atomic E-state index is -3.80. The molecule has 0 saturated carbocycles. The van der Waals surface area contributed by atoms with Crippen molar-refractivity contribution in [3.63, 3.8) is 0 Å². The predicted molar refractivity (Wildman–Crippen MR) is 158 cm³/mol. The second-order valence-corrected chi connectivity index (χ2v) is 11.7. The van der Waals surface area contributed by atoms with E-state index in [0.717, 1.165) is 47.2 Å². The molecule has 1 heterocycles. The number of anilines is 2. The molecule has 0 saturated heterocycles. The number of hydrogen-bond donors (Lipinski definition) is 1. The number of nitrogens with one attached hydrogen (secondary N) is 1. The van der Waals surface area contributed by atoms with Crippen molar-refractivity contribution in [3.8, 4) is 6.07 Å². The van der Waals surface area contributed by atoms with E-state index in [0.29, 0.717) is 37.1 Å². The van der Waals surface area contributed by atoms with Crippen LogP contribution in [-0.4, -0.2) is 20.9 Å². The SMILES string of the molecule is N#Cc1ccc(CCC(=O)N2CCCc3cc(NS(=O)(=O)c4ccccc4CCc4ccccc4)ccc32)cc1. The van der Waals surface area contributed by atoms with Gasteiger partial charge in [0.05, 0.1) is 16.5 Å². The van der Waals surface area contributed by atoms with Crippen LogP contribution < -0.4 is 9.62 Å². The van der Waals surface area contributed by atoms with Crippen LogP contribution >= 0.6 is 0 Å². The lowest BCUT2D eigenvalue weighted by Gasteiger charge is -2.30. The van der Waals surface area contributed by atoms with Crippen LogP contribution in [-0.2, 0) is 40.5 Å². The quantitative estimate of drug-likeness (QED) is 0.275. The second kappa shape index (κ2) is 12.2. The van der Waals surface area contributed by atoms with Crippen LogP contribution in [0.5, 0.6) is 0 Å². The first-order valence-corrected chi connectivity index (χ1v) is 15.0. The van der Waals surface area contributed by atoms with Crippen molar-refractivity contribution in [1.82, 2.24) is 0 Å². The molecule has 0 aromatic heterocycles. The summed E-state index contributed by atoms with van der Waals surface area (Å²) in [4.78, 5) is 15.2. The van der Waals surface area contributed by atoms with Crippen LogP contribution in [0.25, 0.3) is 0 Å². The Morgan fingerprint density at radius 1 is 0.850 bits per heavy atom. The van der Waals surface area contributed by atoms with Gasteiger partial charge in [-0.15, -0.1) is 0 Å². The van der Waals surface area contributed by atoms with E-state index in [-0.39, 0.29) is 10.8 Å². The number of fused-ring (bicyclic) bond motifs is 1. The molecule has 0 radical (unpaired) electrons. The van der Waals surface area contributed by atoms with Crippen molar-refractivity contribution < 1.29 is 13.2 Å². The van der Waals surface area contributed by atoms with E-state index in [4.69, 9.17) is 5.26 Å². The number of sulfonamides is 1. The molecule has 0 spiro atoms. The van der Waals surface area contributed by atoms with Crippen LogP contribution in [0.3, 0.4) is 0 Å². The van der Waals surface area contributed by atoms with Crippen molar-refractivity contribution in [2.24, 2.45) is 0 Å². The van der Waals surface area contributed by atoms with Gasteiger partial charge in [-0.05, 0) is 90.8 Å². The molecule has 1 aliphatic heterocycles. The molecule has 0 fully saturated rings. The fourth-order valence-corrected chi connectivity index (χ4v) is 6.48. The van der Waals surface area contributed by atoms with Crippen LogP contribution in [0.15, 0.2) is 102 Å². The predicted octanol–water partition coefficient (Wildman–Crippen LogP) is 6.06. The number of aryl methyl sites for hydroxylation is 4. The first-order valence-electron chi connectivity index (χ1n) is 13.5. The zero-order valence-corrected chi connectivity index (χ0v) is 23.0. The van der Waals surface area contributed by atoms with Crippen LogP contribution in [0.2, 0.25) is 0 Å². The molecule has 202 valence electrons. The van der Waals surface area contributed by atoms with Gasteiger partial charge in [0.1, 0.15) is 0 Å². The number of nitriles is 1. The Labute approximate surface area is 236 Å². The summed E-state index contributed by atoms with van der Waals surface area (Å²) in [5.41, 5.74) is 5.83. The highest BCUT2D eigenvalue weighted by Crippen LogP contribution is 2.31. The topological polar surface area (TPSA) is 90.3 Å². The Morgan fingerprint density at radius 3 is 2.35 bits per heavy atom. The summed E-state index contributed by atoms with van der Waals surface area (Å²) in [6.07, 6.45) is 3.91. The Bertz CT molecular complexity index is 1640. The summed E-state index contributed by atoms with van der Waals surface area (Å²) in [5.74, 6) is 0.0333. The van der Waals surface area contributed by atoms with Gasteiger partial charge < -0.3 is 4.90 Å². The normalized spacial score (nSPS) is 12.8. The van der Waals surface area contributed by atoms with Crippen molar-refractivity contribution in [1.29, 1.82) is 5.26 Å². The molecule has 1 N–H and O–H groups in total. The van der Waals surface area contributed by atoms with Gasteiger partial charge in [0, 0.05) is 24.3 Å². The summed E-state index contributed by atoms with van der Waals surface area (Å²) in [6, 6.07) is 32.0. The van der Waals surface area contributed by atoms with Gasteiger partial charge in [0.25, 0.3) is 10.0 Å². The molecule has 40 heavy (non-hydrogen) atoms. The van der Waals surface area contributed by atoms with E-state index in [2.05, 4.69) is 10.8 Å². The van der Waals surface area contributed by atoms with Gasteiger partial charge in [0.15, 0.2) is 0 Å². The molecule has 0 aliphatic carbocycles. The molecule has 5 rings (SSSR count). The molecule has 4 aromatic rings. The maximum atomic E-state index is 13.4. The number of hydrogen-bond acceptors (Lipinski definition) is 4. The molecule has 4 aromatic carbocycles. The molecule has 7 heteroatoms. The van der Waals surface area contributed by atoms with E-state index in [1.807, 2.05) is 66.7 Å². The fourth-order valence-electron chi connectivity index (χ4n) is 5.16. The van der Waals surface area contributed by atoms with Gasteiger partial charge in [0.2, 0.25) is 5.91 Å². The molecule has 0 atom stereocenters. The highest BCUT2D eigenvalue weighted by molar-refractivity contribution is 7.92. The third-order valence-electron chi connectivity index (χ3n) is 7.25. The van der Waals surface area contributed by atoms with Gasteiger partial charge in [-0.2, -0.15) is 5.26 Å². The van der Waals surface area contributed by atoms with Gasteiger partial charge in [-0.3, -0.25) is 9.52 Å². The lowest BCUT2D eigenvalue weighted by atomic mass is 10.00. The number of rotatable bonds is 9. The number of benzene rings is 4. The van der Waals surface area contributed by atoms with Gasteiger partial charge >= 0.3 is 0 Å². The molecule has 0 unspecified atom stereocenters. The van der Waals surface area contributed by atoms with Crippen LogP contribution in [0.4, 0.5) is 11.4 Å². The zero-order valence-electron chi connectivity index (χ0n) is 22.2. The van der Waals surface area contributed by atoms with Crippen molar-refractivity contribution in [2.75, 3.05) is 16.2 Å². The van der Waals surface area contributed by atoms with Crippen molar-refractivity contribution in [3.05, 3.63) is 125 Å². The molecule has 1 amide bonds. The fraction of sp³-hybridized carbons (Fsp3) is 0.212. The number of carbonyl (C=O) groups is 1. The number of amides is 1.